The van der Waals surface area contributed by atoms with E-state index >= 15 is 0 Å². The lowest BCUT2D eigenvalue weighted by Gasteiger charge is -2.16. The zero-order valence-corrected chi connectivity index (χ0v) is 15.4. The van der Waals surface area contributed by atoms with Gasteiger partial charge < -0.3 is 5.11 Å². The van der Waals surface area contributed by atoms with E-state index in [0.717, 1.165) is 15.4 Å². The number of imide groups is 1. The summed E-state index contributed by atoms with van der Waals surface area (Å²) in [5.41, 5.74) is 1.69. The van der Waals surface area contributed by atoms with Gasteiger partial charge in [-0.15, -0.1) is 0 Å². The molecule has 1 aromatic heterocycles. The highest BCUT2D eigenvalue weighted by Crippen LogP contribution is 2.24. The van der Waals surface area contributed by atoms with Crippen molar-refractivity contribution >= 4 is 38.6 Å². The fourth-order valence-electron chi connectivity index (χ4n) is 3.18. The molecule has 2 heterocycles. The molecule has 4 rings (SSSR count). The van der Waals surface area contributed by atoms with Gasteiger partial charge in [0, 0.05) is 22.6 Å². The average molecular weight is 414 g/mol. The van der Waals surface area contributed by atoms with E-state index in [4.69, 9.17) is 0 Å². The number of benzene rings is 2. The molecule has 132 valence electrons. The fourth-order valence-corrected chi connectivity index (χ4v) is 3.64. The van der Waals surface area contributed by atoms with Gasteiger partial charge in [-0.25, -0.2) is 0 Å². The number of nitrogens with zero attached hydrogens (tertiary/aromatic N) is 3. The average Bonchev–Trinajstić information content (AvgIpc) is 3.14. The van der Waals surface area contributed by atoms with E-state index in [0.29, 0.717) is 24.1 Å². The van der Waals surface area contributed by atoms with Gasteiger partial charge in [-0.3, -0.25) is 19.2 Å². The van der Waals surface area contributed by atoms with Crippen LogP contribution >= 0.6 is 15.9 Å². The van der Waals surface area contributed by atoms with Crippen LogP contribution in [0.1, 0.15) is 27.1 Å². The van der Waals surface area contributed by atoms with Crippen molar-refractivity contribution in [1.29, 1.82) is 0 Å². The lowest BCUT2D eigenvalue weighted by molar-refractivity contribution is 0.0613. The predicted octanol–water partition coefficient (Wildman–Crippen LogP) is 2.85. The van der Waals surface area contributed by atoms with Crippen molar-refractivity contribution in [3.8, 4) is 0 Å². The number of aliphatic hydroxyl groups is 1. The number of hydrogen-bond acceptors (Lipinski definition) is 4. The van der Waals surface area contributed by atoms with E-state index < -0.39 is 6.10 Å². The Kier molecular flexibility index (Phi) is 4.34. The van der Waals surface area contributed by atoms with Crippen LogP contribution in [0.25, 0.3) is 10.9 Å². The van der Waals surface area contributed by atoms with Gasteiger partial charge in [0.2, 0.25) is 0 Å². The van der Waals surface area contributed by atoms with Crippen LogP contribution in [-0.2, 0) is 6.54 Å². The number of amides is 2. The van der Waals surface area contributed by atoms with E-state index in [2.05, 4.69) is 21.0 Å². The van der Waals surface area contributed by atoms with Crippen LogP contribution in [0.2, 0.25) is 0 Å². The Balaban J connectivity index is 1.41. The summed E-state index contributed by atoms with van der Waals surface area (Å²) in [7, 11) is 0. The molecule has 0 fully saturated rings. The van der Waals surface area contributed by atoms with Gasteiger partial charge in [-0.2, -0.15) is 5.10 Å². The van der Waals surface area contributed by atoms with E-state index in [-0.39, 0.29) is 18.4 Å². The van der Waals surface area contributed by atoms with E-state index in [9.17, 15) is 14.7 Å². The molecule has 0 aliphatic carbocycles. The van der Waals surface area contributed by atoms with Gasteiger partial charge in [0.15, 0.2) is 0 Å². The van der Waals surface area contributed by atoms with Gasteiger partial charge in [0.05, 0.1) is 29.3 Å². The molecule has 1 unspecified atom stereocenters. The summed E-state index contributed by atoms with van der Waals surface area (Å²) >= 11 is 3.48. The summed E-state index contributed by atoms with van der Waals surface area (Å²) < 4.78 is 2.63. The Bertz CT molecular complexity index is 979. The maximum absolute atomic E-state index is 12.3. The first-order chi connectivity index (χ1) is 12.5. The SMILES string of the molecule is O=C1c2ccccc2C(=O)N1CCC(O)Cn1cc2c(Br)cccc2n1. The molecular formula is C19H16BrN3O3. The smallest absolute Gasteiger partial charge is 0.261 e. The third-order valence-electron chi connectivity index (χ3n) is 4.51. The van der Waals surface area contributed by atoms with Crippen molar-refractivity contribution < 1.29 is 14.7 Å². The van der Waals surface area contributed by atoms with Crippen molar-refractivity contribution in [3.05, 3.63) is 64.3 Å². The second kappa shape index (κ2) is 6.66. The molecule has 26 heavy (non-hydrogen) atoms. The summed E-state index contributed by atoms with van der Waals surface area (Å²) in [5, 5.41) is 15.7. The Morgan fingerprint density at radius 2 is 1.73 bits per heavy atom. The third kappa shape index (κ3) is 2.93. The number of carbonyl (C=O) groups is 2. The molecule has 1 N–H and O–H groups in total. The van der Waals surface area contributed by atoms with Crippen LogP contribution in [0.15, 0.2) is 53.1 Å². The quantitative estimate of drug-likeness (QED) is 0.652. The number of hydrogen-bond donors (Lipinski definition) is 1. The minimum atomic E-state index is -0.715. The van der Waals surface area contributed by atoms with E-state index in [1.807, 2.05) is 24.4 Å². The Morgan fingerprint density at radius 1 is 1.04 bits per heavy atom. The minimum Gasteiger partial charge on any atom is -0.391 e. The zero-order chi connectivity index (χ0) is 18.3. The van der Waals surface area contributed by atoms with Crippen LogP contribution < -0.4 is 0 Å². The maximum Gasteiger partial charge on any atom is 0.261 e. The number of rotatable bonds is 5. The maximum atomic E-state index is 12.3. The molecule has 6 nitrogen and oxygen atoms in total. The van der Waals surface area contributed by atoms with Crippen molar-refractivity contribution in [2.45, 2.75) is 19.1 Å². The molecular weight excluding hydrogens is 398 g/mol. The van der Waals surface area contributed by atoms with Crippen molar-refractivity contribution in [2.24, 2.45) is 0 Å². The Morgan fingerprint density at radius 3 is 2.38 bits per heavy atom. The molecule has 0 radical (unpaired) electrons. The summed E-state index contributed by atoms with van der Waals surface area (Å²) in [6, 6.07) is 12.5. The second-order valence-corrected chi connectivity index (χ2v) is 7.13. The van der Waals surface area contributed by atoms with Crippen LogP contribution in [0.5, 0.6) is 0 Å². The first kappa shape index (κ1) is 16.9. The molecule has 1 aliphatic heterocycles. The first-order valence-electron chi connectivity index (χ1n) is 8.29. The topological polar surface area (TPSA) is 75.4 Å². The van der Waals surface area contributed by atoms with Crippen molar-refractivity contribution in [1.82, 2.24) is 14.7 Å². The number of aliphatic hydroxyl groups excluding tert-OH is 1. The number of fused-ring (bicyclic) bond motifs is 2. The van der Waals surface area contributed by atoms with Gasteiger partial charge in [-0.1, -0.05) is 34.1 Å². The minimum absolute atomic E-state index is 0.179. The van der Waals surface area contributed by atoms with E-state index in [1.54, 1.807) is 28.9 Å². The molecule has 0 saturated heterocycles. The fraction of sp³-hybridized carbons (Fsp3) is 0.211. The normalized spacial score (nSPS) is 14.9. The molecule has 1 aliphatic rings. The molecule has 0 bridgehead atoms. The molecule has 3 aromatic rings. The highest BCUT2D eigenvalue weighted by Gasteiger charge is 2.34. The van der Waals surface area contributed by atoms with Crippen molar-refractivity contribution in [3.63, 3.8) is 0 Å². The standard InChI is InChI=1S/C19H16BrN3O3/c20-16-6-3-7-17-15(16)11-22(21-17)10-12(24)8-9-23-18(25)13-4-1-2-5-14(13)19(23)26/h1-7,11-12,24H,8-10H2. The predicted molar refractivity (Wildman–Crippen MR) is 99.9 cm³/mol. The van der Waals surface area contributed by atoms with Crippen LogP contribution in [0.3, 0.4) is 0 Å². The van der Waals surface area contributed by atoms with Gasteiger partial charge in [0.1, 0.15) is 0 Å². The lowest BCUT2D eigenvalue weighted by atomic mass is 10.1. The van der Waals surface area contributed by atoms with Crippen LogP contribution in [0.4, 0.5) is 0 Å². The molecule has 1 atom stereocenters. The summed E-state index contributed by atoms with van der Waals surface area (Å²) in [6.07, 6.45) is 1.44. The van der Waals surface area contributed by atoms with E-state index in [1.165, 1.54) is 4.90 Å². The number of carbonyl (C=O) groups excluding carboxylic acids is 2. The molecule has 7 heteroatoms. The van der Waals surface area contributed by atoms with Gasteiger partial charge in [0.25, 0.3) is 11.8 Å². The first-order valence-corrected chi connectivity index (χ1v) is 9.09. The monoisotopic (exact) mass is 413 g/mol. The van der Waals surface area contributed by atoms with Crippen LogP contribution in [-0.4, -0.2) is 44.3 Å². The van der Waals surface area contributed by atoms with Crippen LogP contribution in [0, 0.1) is 0 Å². The zero-order valence-electron chi connectivity index (χ0n) is 13.8. The van der Waals surface area contributed by atoms with Gasteiger partial charge >= 0.3 is 0 Å². The summed E-state index contributed by atoms with van der Waals surface area (Å²) in [5.74, 6) is -0.599. The Hall–Kier alpha value is -2.51. The number of aromatic nitrogens is 2. The van der Waals surface area contributed by atoms with Gasteiger partial charge in [-0.05, 0) is 30.7 Å². The summed E-state index contributed by atoms with van der Waals surface area (Å²) in [4.78, 5) is 25.9. The molecule has 2 aromatic carbocycles. The molecule has 0 saturated carbocycles. The number of halogens is 1. The third-order valence-corrected chi connectivity index (χ3v) is 5.20. The second-order valence-electron chi connectivity index (χ2n) is 6.27. The molecule has 0 spiro atoms. The largest absolute Gasteiger partial charge is 0.391 e. The lowest BCUT2D eigenvalue weighted by Crippen LogP contribution is -2.33. The highest BCUT2D eigenvalue weighted by atomic mass is 79.9. The summed E-state index contributed by atoms with van der Waals surface area (Å²) in [6.45, 7) is 0.474. The highest BCUT2D eigenvalue weighted by molar-refractivity contribution is 9.10. The Labute approximate surface area is 158 Å². The molecule has 2 amide bonds. The van der Waals surface area contributed by atoms with Crippen molar-refractivity contribution in [2.75, 3.05) is 6.54 Å².